The number of benzene rings is 1. The molecule has 8 nitrogen and oxygen atoms in total. The molecule has 138 valence electrons. The largest absolute Gasteiger partial charge is 0.481 e. The Kier molecular flexibility index (Phi) is 4.43. The van der Waals surface area contributed by atoms with Crippen LogP contribution in [0, 0.1) is 5.92 Å². The highest BCUT2D eigenvalue weighted by molar-refractivity contribution is 7.92. The molecule has 3 rings (SSSR count). The minimum atomic E-state index is -4.12. The molecule has 0 spiro atoms. The summed E-state index contributed by atoms with van der Waals surface area (Å²) in [6.45, 7) is 0. The van der Waals surface area contributed by atoms with Gasteiger partial charge in [0.05, 0.1) is 5.92 Å². The fourth-order valence-electron chi connectivity index (χ4n) is 3.77. The van der Waals surface area contributed by atoms with E-state index in [9.17, 15) is 26.7 Å². The molecule has 2 saturated heterocycles. The van der Waals surface area contributed by atoms with E-state index < -0.39 is 44.0 Å². The van der Waals surface area contributed by atoms with Crippen molar-refractivity contribution in [2.75, 3.05) is 14.1 Å². The molecule has 2 heterocycles. The molecular weight excluding hydrogens is 368 g/mol. The van der Waals surface area contributed by atoms with Gasteiger partial charge in [-0.2, -0.15) is 4.31 Å². The zero-order valence-corrected chi connectivity index (χ0v) is 15.5. The standard InChI is InChI=1S/C15H20N2O6S2/c1-16(2)24(20,21)13-5-3-4-6-14(13)25(22,23)17-10-7-8-12(17)11(9-10)15(18)19/h3-6,10-12H,7-9H2,1-2H3,(H,18,19). The number of rotatable bonds is 5. The van der Waals surface area contributed by atoms with Crippen molar-refractivity contribution in [3.63, 3.8) is 0 Å². The van der Waals surface area contributed by atoms with Gasteiger partial charge in [0.2, 0.25) is 20.0 Å². The van der Waals surface area contributed by atoms with Crippen molar-refractivity contribution in [1.82, 2.24) is 8.61 Å². The molecule has 2 aliphatic rings. The van der Waals surface area contributed by atoms with Crippen molar-refractivity contribution in [1.29, 1.82) is 0 Å². The monoisotopic (exact) mass is 388 g/mol. The van der Waals surface area contributed by atoms with E-state index in [1.54, 1.807) is 0 Å². The molecule has 2 fully saturated rings. The van der Waals surface area contributed by atoms with Gasteiger partial charge in [-0.25, -0.2) is 21.1 Å². The lowest BCUT2D eigenvalue weighted by atomic mass is 9.89. The molecule has 1 N–H and O–H groups in total. The van der Waals surface area contributed by atoms with Crippen molar-refractivity contribution >= 4 is 26.0 Å². The van der Waals surface area contributed by atoms with Crippen molar-refractivity contribution in [2.24, 2.45) is 5.92 Å². The highest BCUT2D eigenvalue weighted by Crippen LogP contribution is 2.45. The number of aliphatic carboxylic acids is 1. The SMILES string of the molecule is CN(C)S(=O)(=O)c1ccccc1S(=O)(=O)N1C2CCC1C(C(=O)O)C2. The average molecular weight is 388 g/mol. The first-order valence-electron chi connectivity index (χ1n) is 7.86. The number of carboxylic acid groups (broad SMARTS) is 1. The first-order chi connectivity index (χ1) is 11.6. The third-order valence-corrected chi connectivity index (χ3v) is 8.99. The van der Waals surface area contributed by atoms with Gasteiger partial charge >= 0.3 is 5.97 Å². The second kappa shape index (κ2) is 6.04. The van der Waals surface area contributed by atoms with Crippen LogP contribution in [0.15, 0.2) is 34.1 Å². The van der Waals surface area contributed by atoms with Crippen LogP contribution < -0.4 is 0 Å². The summed E-state index contributed by atoms with van der Waals surface area (Å²) in [5, 5.41) is 9.32. The van der Waals surface area contributed by atoms with Crippen LogP contribution in [-0.2, 0) is 24.8 Å². The number of carboxylic acids is 1. The molecular formula is C15H20N2O6S2. The van der Waals surface area contributed by atoms with Crippen molar-refractivity contribution in [3.05, 3.63) is 24.3 Å². The van der Waals surface area contributed by atoms with E-state index in [-0.39, 0.29) is 16.2 Å². The van der Waals surface area contributed by atoms with Crippen LogP contribution >= 0.6 is 0 Å². The Morgan fingerprint density at radius 1 is 1.12 bits per heavy atom. The van der Waals surface area contributed by atoms with Gasteiger partial charge in [0.25, 0.3) is 0 Å². The minimum Gasteiger partial charge on any atom is -0.481 e. The Labute approximate surface area is 147 Å². The van der Waals surface area contributed by atoms with Gasteiger partial charge in [0.1, 0.15) is 9.79 Å². The molecule has 25 heavy (non-hydrogen) atoms. The van der Waals surface area contributed by atoms with Crippen LogP contribution in [0.2, 0.25) is 0 Å². The quantitative estimate of drug-likeness (QED) is 0.789. The first kappa shape index (κ1) is 18.3. The molecule has 2 bridgehead atoms. The normalized spacial score (nSPS) is 27.1. The predicted octanol–water partition coefficient (Wildman–Crippen LogP) is 0.563. The Hall–Kier alpha value is -1.49. The molecule has 10 heteroatoms. The summed E-state index contributed by atoms with van der Waals surface area (Å²) in [5.74, 6) is -1.76. The molecule has 0 saturated carbocycles. The lowest BCUT2D eigenvalue weighted by molar-refractivity contribution is -0.142. The summed E-state index contributed by atoms with van der Waals surface area (Å²) in [5.41, 5.74) is 0. The van der Waals surface area contributed by atoms with Crippen molar-refractivity contribution in [3.8, 4) is 0 Å². The van der Waals surface area contributed by atoms with E-state index in [2.05, 4.69) is 0 Å². The lowest BCUT2D eigenvalue weighted by Crippen LogP contribution is -2.38. The highest BCUT2D eigenvalue weighted by atomic mass is 32.2. The summed E-state index contributed by atoms with van der Waals surface area (Å²) in [7, 11) is -5.41. The summed E-state index contributed by atoms with van der Waals surface area (Å²) in [4.78, 5) is 10.8. The predicted molar refractivity (Wildman–Crippen MR) is 88.9 cm³/mol. The topological polar surface area (TPSA) is 112 Å². The van der Waals surface area contributed by atoms with Crippen LogP contribution in [0.1, 0.15) is 19.3 Å². The fraction of sp³-hybridized carbons (Fsp3) is 0.533. The Morgan fingerprint density at radius 2 is 1.72 bits per heavy atom. The highest BCUT2D eigenvalue weighted by Gasteiger charge is 2.55. The fourth-order valence-corrected chi connectivity index (χ4v) is 7.36. The second-order valence-corrected chi connectivity index (χ2v) is 10.5. The third-order valence-electron chi connectivity index (χ3n) is 4.95. The number of hydrogen-bond donors (Lipinski definition) is 1. The van der Waals surface area contributed by atoms with E-state index in [1.165, 1.54) is 42.7 Å². The van der Waals surface area contributed by atoms with Crippen LogP contribution in [0.5, 0.6) is 0 Å². The summed E-state index contributed by atoms with van der Waals surface area (Å²) in [6, 6.07) is 4.44. The zero-order valence-electron chi connectivity index (χ0n) is 13.9. The third kappa shape index (κ3) is 2.77. The van der Waals surface area contributed by atoms with Gasteiger partial charge < -0.3 is 5.11 Å². The van der Waals surface area contributed by atoms with Crippen molar-refractivity contribution in [2.45, 2.75) is 41.1 Å². The number of nitrogens with zero attached hydrogens (tertiary/aromatic N) is 2. The molecule has 3 unspecified atom stereocenters. The Balaban J connectivity index is 2.11. The second-order valence-electron chi connectivity index (χ2n) is 6.55. The maximum absolute atomic E-state index is 13.2. The number of fused-ring (bicyclic) bond motifs is 2. The Morgan fingerprint density at radius 3 is 2.24 bits per heavy atom. The van der Waals surface area contributed by atoms with Crippen LogP contribution in [-0.4, -0.2) is 62.7 Å². The smallest absolute Gasteiger partial charge is 0.308 e. The average Bonchev–Trinajstić information content (AvgIpc) is 3.13. The Bertz CT molecular complexity index is 910. The molecule has 0 aromatic heterocycles. The molecule has 0 radical (unpaired) electrons. The van der Waals surface area contributed by atoms with Gasteiger partial charge in [0.15, 0.2) is 0 Å². The lowest BCUT2D eigenvalue weighted by Gasteiger charge is -2.24. The first-order valence-corrected chi connectivity index (χ1v) is 10.7. The van der Waals surface area contributed by atoms with Gasteiger partial charge in [-0.1, -0.05) is 12.1 Å². The van der Waals surface area contributed by atoms with E-state index in [0.29, 0.717) is 12.8 Å². The van der Waals surface area contributed by atoms with E-state index in [1.807, 2.05) is 0 Å². The summed E-state index contributed by atoms with van der Waals surface area (Å²) in [6.07, 6.45) is 1.33. The van der Waals surface area contributed by atoms with Crippen LogP contribution in [0.25, 0.3) is 0 Å². The van der Waals surface area contributed by atoms with Gasteiger partial charge in [0, 0.05) is 26.2 Å². The minimum absolute atomic E-state index is 0.266. The maximum atomic E-state index is 13.2. The number of hydrogen-bond acceptors (Lipinski definition) is 5. The maximum Gasteiger partial charge on any atom is 0.308 e. The van der Waals surface area contributed by atoms with Crippen LogP contribution in [0.3, 0.4) is 0 Å². The molecule has 1 aromatic rings. The molecule has 2 aliphatic heterocycles. The molecule has 1 aromatic carbocycles. The van der Waals surface area contributed by atoms with E-state index >= 15 is 0 Å². The molecule has 3 atom stereocenters. The zero-order chi connectivity index (χ0) is 18.6. The van der Waals surface area contributed by atoms with E-state index in [4.69, 9.17) is 0 Å². The van der Waals surface area contributed by atoms with Crippen LogP contribution in [0.4, 0.5) is 0 Å². The summed E-state index contributed by atoms with van der Waals surface area (Å²) < 4.78 is 53.6. The van der Waals surface area contributed by atoms with Gasteiger partial charge in [-0.3, -0.25) is 4.79 Å². The van der Waals surface area contributed by atoms with Gasteiger partial charge in [-0.15, -0.1) is 0 Å². The van der Waals surface area contributed by atoms with E-state index in [0.717, 1.165) is 4.31 Å². The molecule has 0 amide bonds. The van der Waals surface area contributed by atoms with Gasteiger partial charge in [-0.05, 0) is 31.4 Å². The van der Waals surface area contributed by atoms with Crippen molar-refractivity contribution < 1.29 is 26.7 Å². The summed E-state index contributed by atoms with van der Waals surface area (Å²) >= 11 is 0. The molecule has 0 aliphatic carbocycles. The number of carbonyl (C=O) groups is 1. The number of sulfonamides is 2.